The van der Waals surface area contributed by atoms with Crippen LogP contribution in [0.25, 0.3) is 11.0 Å². The molecule has 0 atom stereocenters. The first kappa shape index (κ1) is 16.9. The van der Waals surface area contributed by atoms with Crippen LogP contribution >= 0.6 is 0 Å². The number of hydrogen-bond donors (Lipinski definition) is 3. The second-order valence-corrected chi connectivity index (χ2v) is 5.36. The lowest BCUT2D eigenvalue weighted by molar-refractivity contribution is 0.833. The van der Waals surface area contributed by atoms with Crippen molar-refractivity contribution in [3.63, 3.8) is 0 Å². The third kappa shape index (κ3) is 3.82. The van der Waals surface area contributed by atoms with Gasteiger partial charge in [0.1, 0.15) is 22.6 Å². The van der Waals surface area contributed by atoms with E-state index in [4.69, 9.17) is 5.41 Å². The molecule has 8 heteroatoms. The Bertz CT molecular complexity index is 682. The average molecular weight is 315 g/mol. The number of anilines is 2. The van der Waals surface area contributed by atoms with Gasteiger partial charge in [0, 0.05) is 27.2 Å². The average Bonchev–Trinajstić information content (AvgIpc) is 2.56. The predicted octanol–water partition coefficient (Wildman–Crippen LogP) is 1.43. The van der Waals surface area contributed by atoms with E-state index in [0.29, 0.717) is 35.0 Å². The Hall–Kier alpha value is -2.51. The van der Waals surface area contributed by atoms with Crippen LogP contribution in [-0.4, -0.2) is 53.0 Å². The van der Waals surface area contributed by atoms with Crippen LogP contribution in [0.5, 0.6) is 0 Å². The van der Waals surface area contributed by atoms with E-state index in [0.717, 1.165) is 19.4 Å². The third-order valence-corrected chi connectivity index (χ3v) is 3.16. The maximum atomic E-state index is 8.19. The summed E-state index contributed by atoms with van der Waals surface area (Å²) in [4.78, 5) is 19.2. The van der Waals surface area contributed by atoms with E-state index in [9.17, 15) is 0 Å². The number of nitrogens with zero attached hydrogens (tertiary/aromatic N) is 5. The van der Waals surface area contributed by atoms with Gasteiger partial charge in [-0.1, -0.05) is 13.8 Å². The second-order valence-electron chi connectivity index (χ2n) is 5.36. The van der Waals surface area contributed by atoms with Crippen LogP contribution in [0.2, 0.25) is 0 Å². The SMILES string of the molecule is CCCNC(=N)c1n[c]nc2c(N(C)C)nc(NCCC)nc12. The van der Waals surface area contributed by atoms with Gasteiger partial charge in [-0.25, -0.2) is 15.0 Å². The van der Waals surface area contributed by atoms with E-state index >= 15 is 0 Å². The molecule has 2 aromatic heterocycles. The fourth-order valence-corrected chi connectivity index (χ4v) is 2.02. The maximum Gasteiger partial charge on any atom is 0.225 e. The van der Waals surface area contributed by atoms with Gasteiger partial charge in [-0.2, -0.15) is 4.98 Å². The molecule has 0 saturated carbocycles. The van der Waals surface area contributed by atoms with E-state index in [2.05, 4.69) is 43.8 Å². The van der Waals surface area contributed by atoms with Crippen molar-refractivity contribution in [3.05, 3.63) is 12.0 Å². The van der Waals surface area contributed by atoms with Gasteiger partial charge in [0.15, 0.2) is 12.1 Å². The van der Waals surface area contributed by atoms with Crippen LogP contribution < -0.4 is 15.5 Å². The van der Waals surface area contributed by atoms with Gasteiger partial charge >= 0.3 is 0 Å². The number of hydrogen-bond acceptors (Lipinski definition) is 7. The second kappa shape index (κ2) is 7.66. The van der Waals surface area contributed by atoms with E-state index in [1.165, 1.54) is 0 Å². The zero-order valence-corrected chi connectivity index (χ0v) is 14.1. The summed E-state index contributed by atoms with van der Waals surface area (Å²) >= 11 is 0. The van der Waals surface area contributed by atoms with Crippen molar-refractivity contribution in [1.29, 1.82) is 5.41 Å². The molecule has 2 aromatic rings. The maximum absolute atomic E-state index is 8.19. The molecule has 0 aliphatic carbocycles. The van der Waals surface area contributed by atoms with E-state index < -0.39 is 0 Å². The summed E-state index contributed by atoms with van der Waals surface area (Å²) in [5, 5.41) is 14.4. The quantitative estimate of drug-likeness (QED) is 0.524. The highest BCUT2D eigenvalue weighted by Gasteiger charge is 2.17. The summed E-state index contributed by atoms with van der Waals surface area (Å²) < 4.78 is 0. The van der Waals surface area contributed by atoms with Gasteiger partial charge < -0.3 is 15.5 Å². The van der Waals surface area contributed by atoms with E-state index in [-0.39, 0.29) is 5.84 Å². The lowest BCUT2D eigenvalue weighted by atomic mass is 10.2. The lowest BCUT2D eigenvalue weighted by Gasteiger charge is -2.16. The molecule has 0 unspecified atom stereocenters. The number of fused-ring (bicyclic) bond motifs is 1. The lowest BCUT2D eigenvalue weighted by Crippen LogP contribution is -2.26. The summed E-state index contributed by atoms with van der Waals surface area (Å²) in [5.41, 5.74) is 1.58. The third-order valence-electron chi connectivity index (χ3n) is 3.16. The minimum Gasteiger partial charge on any atom is -0.369 e. The minimum absolute atomic E-state index is 0.223. The molecule has 0 aliphatic rings. The first-order valence-electron chi connectivity index (χ1n) is 7.78. The van der Waals surface area contributed by atoms with Gasteiger partial charge in [0.2, 0.25) is 5.95 Å². The summed E-state index contributed by atoms with van der Waals surface area (Å²) in [5.74, 6) is 1.42. The number of rotatable bonds is 7. The predicted molar refractivity (Wildman–Crippen MR) is 92.2 cm³/mol. The largest absolute Gasteiger partial charge is 0.369 e. The Morgan fingerprint density at radius 1 is 1.09 bits per heavy atom. The first-order valence-corrected chi connectivity index (χ1v) is 7.78. The fraction of sp³-hybridized carbons (Fsp3) is 0.533. The summed E-state index contributed by atoms with van der Waals surface area (Å²) in [6.07, 6.45) is 4.51. The van der Waals surface area contributed by atoms with Crippen LogP contribution in [0.4, 0.5) is 11.8 Å². The molecule has 0 aliphatic heterocycles. The van der Waals surface area contributed by atoms with Gasteiger partial charge in [-0.15, -0.1) is 0 Å². The van der Waals surface area contributed by atoms with Crippen LogP contribution in [0.3, 0.4) is 0 Å². The van der Waals surface area contributed by atoms with Crippen LogP contribution in [-0.2, 0) is 0 Å². The number of nitrogens with one attached hydrogen (secondary N) is 3. The zero-order valence-electron chi connectivity index (χ0n) is 14.1. The smallest absolute Gasteiger partial charge is 0.225 e. The van der Waals surface area contributed by atoms with Crippen molar-refractivity contribution in [1.82, 2.24) is 25.3 Å². The summed E-state index contributed by atoms with van der Waals surface area (Å²) in [6, 6.07) is 0. The topological polar surface area (TPSA) is 103 Å². The van der Waals surface area contributed by atoms with E-state index in [1.54, 1.807) is 0 Å². The Labute approximate surface area is 136 Å². The summed E-state index contributed by atoms with van der Waals surface area (Å²) in [6.45, 7) is 5.61. The highest BCUT2D eigenvalue weighted by molar-refractivity contribution is 6.06. The molecule has 0 aromatic carbocycles. The number of amidine groups is 1. The molecule has 2 heterocycles. The Morgan fingerprint density at radius 2 is 1.83 bits per heavy atom. The molecule has 1 radical (unpaired) electrons. The molecule has 23 heavy (non-hydrogen) atoms. The summed E-state index contributed by atoms with van der Waals surface area (Å²) in [7, 11) is 3.79. The van der Waals surface area contributed by atoms with Crippen molar-refractivity contribution in [2.75, 3.05) is 37.4 Å². The standard InChI is InChI=1S/C15H23N8/c1-5-7-17-13(16)11-10-12(20-9-19-11)14(23(3)4)22-15(21-10)18-8-6-2/h5-8H2,1-4H3,(H2,16,17)(H,18,21,22). The van der Waals surface area contributed by atoms with Gasteiger partial charge in [0.25, 0.3) is 0 Å². The monoisotopic (exact) mass is 315 g/mol. The molecule has 8 nitrogen and oxygen atoms in total. The van der Waals surface area contributed by atoms with Crippen molar-refractivity contribution in [2.45, 2.75) is 26.7 Å². The zero-order chi connectivity index (χ0) is 16.8. The molecule has 0 fully saturated rings. The molecule has 0 spiro atoms. The molecule has 2 rings (SSSR count). The Balaban J connectivity index is 2.56. The van der Waals surface area contributed by atoms with Crippen LogP contribution in [0.15, 0.2) is 0 Å². The van der Waals surface area contributed by atoms with Gasteiger partial charge in [-0.3, -0.25) is 5.41 Å². The van der Waals surface area contributed by atoms with E-state index in [1.807, 2.05) is 25.9 Å². The van der Waals surface area contributed by atoms with Gasteiger partial charge in [-0.05, 0) is 12.8 Å². The van der Waals surface area contributed by atoms with Crippen LogP contribution in [0.1, 0.15) is 32.4 Å². The first-order chi connectivity index (χ1) is 11.1. The molecule has 0 amide bonds. The molecule has 123 valence electrons. The van der Waals surface area contributed by atoms with Gasteiger partial charge in [0.05, 0.1) is 0 Å². The van der Waals surface area contributed by atoms with Crippen LogP contribution in [0, 0.1) is 11.7 Å². The molecular formula is C15H23N8. The van der Waals surface area contributed by atoms with Crippen molar-refractivity contribution in [2.24, 2.45) is 0 Å². The Morgan fingerprint density at radius 3 is 2.48 bits per heavy atom. The molecular weight excluding hydrogens is 292 g/mol. The Kier molecular flexibility index (Phi) is 5.61. The highest BCUT2D eigenvalue weighted by atomic mass is 15.2. The fourth-order valence-electron chi connectivity index (χ4n) is 2.02. The van der Waals surface area contributed by atoms with Crippen molar-refractivity contribution >= 4 is 28.6 Å². The normalized spacial score (nSPS) is 10.6. The highest BCUT2D eigenvalue weighted by Crippen LogP contribution is 2.23. The molecule has 0 bridgehead atoms. The molecule has 0 saturated heterocycles. The van der Waals surface area contributed by atoms with Crippen molar-refractivity contribution in [3.8, 4) is 0 Å². The molecule has 3 N–H and O–H groups in total. The van der Waals surface area contributed by atoms with Crippen molar-refractivity contribution < 1.29 is 0 Å². The number of aromatic nitrogens is 4. The minimum atomic E-state index is 0.223.